The van der Waals surface area contributed by atoms with Gasteiger partial charge in [0.05, 0.1) is 0 Å². The molecule has 0 N–H and O–H groups in total. The second kappa shape index (κ2) is 6.93. The lowest BCUT2D eigenvalue weighted by molar-refractivity contribution is 1.16. The molecule has 0 aliphatic carbocycles. The van der Waals surface area contributed by atoms with Gasteiger partial charge >= 0.3 is 0 Å². The number of allylic oxidation sites excluding steroid dienone is 2. The van der Waals surface area contributed by atoms with E-state index in [1.54, 1.807) is 5.20 Å². The van der Waals surface area contributed by atoms with Gasteiger partial charge in [-0.05, 0) is 38.7 Å². The molecule has 0 amide bonds. The molecule has 0 saturated heterocycles. The number of rotatable bonds is 4. The van der Waals surface area contributed by atoms with Crippen molar-refractivity contribution in [2.45, 2.75) is 19.9 Å². The summed E-state index contributed by atoms with van der Waals surface area (Å²) in [6.45, 7) is 4.80. The maximum Gasteiger partial charge on any atom is 0.147 e. The Balaban J connectivity index is 1.99. The van der Waals surface area contributed by atoms with Crippen LogP contribution in [0.3, 0.4) is 0 Å². The Morgan fingerprint density at radius 2 is 1.15 bits per heavy atom. The van der Waals surface area contributed by atoms with Crippen LogP contribution in [-0.4, -0.2) is 8.07 Å². The van der Waals surface area contributed by atoms with Gasteiger partial charge in [0.15, 0.2) is 0 Å². The average Bonchev–Trinajstić information content (AvgIpc) is 3.03. The van der Waals surface area contributed by atoms with Gasteiger partial charge in [0.25, 0.3) is 0 Å². The van der Waals surface area contributed by atoms with Crippen molar-refractivity contribution in [1.82, 2.24) is 0 Å². The zero-order valence-corrected chi connectivity index (χ0v) is 16.4. The Kier molecular flexibility index (Phi) is 4.48. The van der Waals surface area contributed by atoms with Crippen LogP contribution in [0.2, 0.25) is 6.55 Å². The molecule has 1 atom stereocenters. The molecule has 3 aromatic rings. The quantitative estimate of drug-likeness (QED) is 0.504. The summed E-state index contributed by atoms with van der Waals surface area (Å²) in [6, 6.07) is 33.1. The minimum atomic E-state index is -2.05. The lowest BCUT2D eigenvalue weighted by Crippen LogP contribution is -2.46. The van der Waals surface area contributed by atoms with Crippen LogP contribution in [0.4, 0.5) is 0 Å². The highest BCUT2D eigenvalue weighted by molar-refractivity contribution is 7.18. The van der Waals surface area contributed by atoms with E-state index in [9.17, 15) is 0 Å². The highest BCUT2D eigenvalue weighted by Gasteiger charge is 2.43. The largest absolute Gasteiger partial charge is 0.147 e. The van der Waals surface area contributed by atoms with Crippen LogP contribution in [0.25, 0.3) is 10.4 Å². The Morgan fingerprint density at radius 3 is 1.69 bits per heavy atom. The average molecular weight is 353 g/mol. The lowest BCUT2D eigenvalue weighted by Gasteiger charge is -2.31. The molecule has 0 saturated carbocycles. The maximum absolute atomic E-state index is 2.52. The van der Waals surface area contributed by atoms with Crippen molar-refractivity contribution >= 4 is 23.7 Å². The van der Waals surface area contributed by atoms with E-state index in [0.29, 0.717) is 0 Å². The third-order valence-corrected chi connectivity index (χ3v) is 10.2. The minimum Gasteiger partial charge on any atom is -0.0624 e. The fourth-order valence-corrected chi connectivity index (χ4v) is 8.84. The van der Waals surface area contributed by atoms with Crippen LogP contribution in [0.15, 0.2) is 103 Å². The lowest BCUT2D eigenvalue weighted by atomic mass is 10.1. The molecule has 1 aliphatic rings. The molecule has 1 heterocycles. The van der Waals surface area contributed by atoms with Crippen LogP contribution in [0.5, 0.6) is 0 Å². The summed E-state index contributed by atoms with van der Waals surface area (Å²) in [6.07, 6.45) is 3.55. The van der Waals surface area contributed by atoms with Gasteiger partial charge in [0.1, 0.15) is 8.07 Å². The first-order chi connectivity index (χ1) is 12.7. The van der Waals surface area contributed by atoms with Crippen LogP contribution >= 0.6 is 0 Å². The van der Waals surface area contributed by atoms with Gasteiger partial charge in [-0.1, -0.05) is 111 Å². The molecule has 3 aromatic carbocycles. The van der Waals surface area contributed by atoms with E-state index >= 15 is 0 Å². The highest BCUT2D eigenvalue weighted by atomic mass is 28.3. The SMILES string of the molecule is CCC1=C(c2ccccc2)[Si@](C)(c2ccccc2)C(c2ccccc2)=C1. The molecule has 0 aromatic heterocycles. The van der Waals surface area contributed by atoms with E-state index in [1.807, 2.05) is 0 Å². The van der Waals surface area contributed by atoms with Crippen molar-refractivity contribution in [3.05, 3.63) is 114 Å². The van der Waals surface area contributed by atoms with E-state index in [4.69, 9.17) is 0 Å². The van der Waals surface area contributed by atoms with Crippen LogP contribution in [0.1, 0.15) is 24.5 Å². The first-order valence-electron chi connectivity index (χ1n) is 9.37. The Labute approximate surface area is 157 Å². The predicted octanol–water partition coefficient (Wildman–Crippen LogP) is 6.01. The molecule has 1 aliphatic heterocycles. The van der Waals surface area contributed by atoms with E-state index in [-0.39, 0.29) is 0 Å². The van der Waals surface area contributed by atoms with E-state index in [1.165, 1.54) is 27.1 Å². The van der Waals surface area contributed by atoms with Gasteiger partial charge in [-0.2, -0.15) is 0 Å². The summed E-state index contributed by atoms with van der Waals surface area (Å²) in [5.74, 6) is 0. The van der Waals surface area contributed by atoms with E-state index < -0.39 is 8.07 Å². The summed E-state index contributed by atoms with van der Waals surface area (Å²) in [5, 5.41) is 4.59. The third kappa shape index (κ3) is 2.69. The van der Waals surface area contributed by atoms with E-state index in [0.717, 1.165) is 6.42 Å². The van der Waals surface area contributed by atoms with Gasteiger partial charge in [0.2, 0.25) is 0 Å². The van der Waals surface area contributed by atoms with Crippen LogP contribution in [-0.2, 0) is 0 Å². The monoisotopic (exact) mass is 352 g/mol. The van der Waals surface area contributed by atoms with Crippen LogP contribution in [0, 0.1) is 0 Å². The molecule has 26 heavy (non-hydrogen) atoms. The summed E-state index contributed by atoms with van der Waals surface area (Å²) in [5.41, 5.74) is 4.24. The van der Waals surface area contributed by atoms with Crippen LogP contribution < -0.4 is 5.19 Å². The molecule has 0 fully saturated rings. The molecule has 0 unspecified atom stereocenters. The topological polar surface area (TPSA) is 0 Å². The smallest absolute Gasteiger partial charge is 0.0624 e. The van der Waals surface area contributed by atoms with Gasteiger partial charge in [-0.15, -0.1) is 0 Å². The second-order valence-electron chi connectivity index (χ2n) is 7.03. The van der Waals surface area contributed by atoms with E-state index in [2.05, 4.69) is 111 Å². The molecule has 0 radical (unpaired) electrons. The summed E-state index contributed by atoms with van der Waals surface area (Å²) in [7, 11) is -2.05. The molecular formula is C25H24Si. The first kappa shape index (κ1) is 16.8. The minimum absolute atomic E-state index is 1.07. The zero-order valence-electron chi connectivity index (χ0n) is 15.4. The summed E-state index contributed by atoms with van der Waals surface area (Å²) < 4.78 is 0. The van der Waals surface area contributed by atoms with Gasteiger partial charge in [0, 0.05) is 0 Å². The molecule has 0 bridgehead atoms. The first-order valence-corrected chi connectivity index (χ1v) is 11.9. The van der Waals surface area contributed by atoms with Gasteiger partial charge in [-0.25, -0.2) is 0 Å². The molecule has 4 rings (SSSR count). The molecular weight excluding hydrogens is 328 g/mol. The molecule has 128 valence electrons. The number of hydrogen-bond acceptors (Lipinski definition) is 0. The molecule has 1 heteroatoms. The zero-order chi connectivity index (χ0) is 18.0. The Hall–Kier alpha value is -2.64. The van der Waals surface area contributed by atoms with Crippen molar-refractivity contribution in [1.29, 1.82) is 0 Å². The molecule has 0 spiro atoms. The van der Waals surface area contributed by atoms with Crippen molar-refractivity contribution in [3.63, 3.8) is 0 Å². The fourth-order valence-electron chi connectivity index (χ4n) is 4.27. The van der Waals surface area contributed by atoms with Gasteiger partial charge < -0.3 is 0 Å². The van der Waals surface area contributed by atoms with Gasteiger partial charge in [-0.3, -0.25) is 0 Å². The van der Waals surface area contributed by atoms with Crippen molar-refractivity contribution in [3.8, 4) is 0 Å². The maximum atomic E-state index is 2.52. The van der Waals surface area contributed by atoms with Crippen molar-refractivity contribution in [2.24, 2.45) is 0 Å². The Morgan fingerprint density at radius 1 is 0.654 bits per heavy atom. The predicted molar refractivity (Wildman–Crippen MR) is 116 cm³/mol. The number of benzene rings is 3. The summed E-state index contributed by atoms with van der Waals surface area (Å²) in [4.78, 5) is 0. The van der Waals surface area contributed by atoms with Crippen molar-refractivity contribution < 1.29 is 0 Å². The normalized spacial score (nSPS) is 19.5. The Bertz CT molecular complexity index is 953. The second-order valence-corrected chi connectivity index (χ2v) is 10.9. The fraction of sp³-hybridized carbons (Fsp3) is 0.120. The highest BCUT2D eigenvalue weighted by Crippen LogP contribution is 2.45. The van der Waals surface area contributed by atoms with Crippen molar-refractivity contribution in [2.75, 3.05) is 0 Å². The third-order valence-electron chi connectivity index (χ3n) is 5.56. The number of hydrogen-bond donors (Lipinski definition) is 0. The standard InChI is InChI=1S/C25H24Si/c1-3-20-19-24(21-13-7-4-8-14-21)26(2,23-17-11-6-12-18-23)25(20)22-15-9-5-10-16-22/h4-19H,3H2,1-2H3/t26-/m1/s1. The molecule has 0 nitrogen and oxygen atoms in total. The summed E-state index contributed by atoms with van der Waals surface area (Å²) >= 11 is 0.